The van der Waals surface area contributed by atoms with Crippen molar-refractivity contribution in [1.82, 2.24) is 19.6 Å². The molecule has 2 heterocycles. The normalized spacial score (nSPS) is 11.3. The van der Waals surface area contributed by atoms with Crippen LogP contribution in [0.2, 0.25) is 0 Å². The molecule has 0 atom stereocenters. The van der Waals surface area contributed by atoms with Crippen LogP contribution >= 0.6 is 11.8 Å². The van der Waals surface area contributed by atoms with Crippen LogP contribution in [-0.4, -0.2) is 19.6 Å². The molecule has 0 aliphatic rings. The molecule has 0 N–H and O–H groups in total. The highest BCUT2D eigenvalue weighted by Crippen LogP contribution is 2.28. The number of thioether (sulfide) groups is 1. The number of benzene rings is 3. The fraction of sp³-hybridized carbons (Fsp3) is 0.0455. The highest BCUT2D eigenvalue weighted by atomic mass is 32.2. The van der Waals surface area contributed by atoms with Crippen molar-refractivity contribution < 1.29 is 0 Å². The second-order valence-corrected chi connectivity index (χ2v) is 7.17. The zero-order chi connectivity index (χ0) is 18.1. The number of hydrogen-bond acceptors (Lipinski definition) is 4. The van der Waals surface area contributed by atoms with Gasteiger partial charge in [-0.3, -0.25) is 0 Å². The lowest BCUT2D eigenvalue weighted by molar-refractivity contribution is 0.811. The predicted molar refractivity (Wildman–Crippen MR) is 110 cm³/mol. The second-order valence-electron chi connectivity index (χ2n) is 6.22. The summed E-state index contributed by atoms with van der Waals surface area (Å²) in [6.45, 7) is 0. The maximum atomic E-state index is 4.85. The van der Waals surface area contributed by atoms with Crippen molar-refractivity contribution in [2.45, 2.75) is 10.9 Å². The van der Waals surface area contributed by atoms with Gasteiger partial charge in [0.15, 0.2) is 16.6 Å². The Hall–Kier alpha value is -3.18. The van der Waals surface area contributed by atoms with Crippen LogP contribution in [0, 0.1) is 0 Å². The topological polar surface area (TPSA) is 43.1 Å². The number of para-hydroxylation sites is 1. The molecule has 5 aromatic rings. The van der Waals surface area contributed by atoms with E-state index in [4.69, 9.17) is 15.1 Å². The minimum atomic E-state index is 0.718. The van der Waals surface area contributed by atoms with Crippen LogP contribution in [-0.2, 0) is 5.75 Å². The van der Waals surface area contributed by atoms with E-state index < -0.39 is 0 Å². The van der Waals surface area contributed by atoms with E-state index in [1.807, 2.05) is 65.2 Å². The van der Waals surface area contributed by atoms with E-state index >= 15 is 0 Å². The molecule has 0 amide bonds. The Balaban J connectivity index is 1.65. The molecule has 0 saturated heterocycles. The quantitative estimate of drug-likeness (QED) is 0.321. The number of aromatic nitrogens is 4. The summed E-state index contributed by atoms with van der Waals surface area (Å²) >= 11 is 1.68. The van der Waals surface area contributed by atoms with Gasteiger partial charge in [0.25, 0.3) is 0 Å². The summed E-state index contributed by atoms with van der Waals surface area (Å²) in [7, 11) is 0. The smallest absolute Gasteiger partial charge is 0.191 e. The Morgan fingerprint density at radius 2 is 1.44 bits per heavy atom. The van der Waals surface area contributed by atoms with Crippen LogP contribution < -0.4 is 0 Å². The number of fused-ring (bicyclic) bond motifs is 3. The largest absolute Gasteiger partial charge is 0.222 e. The van der Waals surface area contributed by atoms with Gasteiger partial charge in [-0.25, -0.2) is 9.97 Å². The van der Waals surface area contributed by atoms with Gasteiger partial charge in [-0.05, 0) is 17.7 Å². The fourth-order valence-electron chi connectivity index (χ4n) is 3.06. The second kappa shape index (κ2) is 6.85. The van der Waals surface area contributed by atoms with Gasteiger partial charge in [0.2, 0.25) is 0 Å². The molecular weight excluding hydrogens is 352 g/mol. The van der Waals surface area contributed by atoms with Crippen LogP contribution in [0.25, 0.3) is 27.9 Å². The van der Waals surface area contributed by atoms with Crippen molar-refractivity contribution in [3.63, 3.8) is 0 Å². The fourth-order valence-corrected chi connectivity index (χ4v) is 3.96. The first-order valence-corrected chi connectivity index (χ1v) is 9.75. The van der Waals surface area contributed by atoms with E-state index in [0.717, 1.165) is 38.8 Å². The van der Waals surface area contributed by atoms with Crippen LogP contribution in [0.5, 0.6) is 0 Å². The Morgan fingerprint density at radius 3 is 2.26 bits per heavy atom. The number of nitrogens with zero attached hydrogens (tertiary/aromatic N) is 4. The van der Waals surface area contributed by atoms with Gasteiger partial charge >= 0.3 is 0 Å². The van der Waals surface area contributed by atoms with Gasteiger partial charge in [0, 0.05) is 16.7 Å². The maximum absolute atomic E-state index is 4.85. The molecule has 0 fully saturated rings. The summed E-state index contributed by atoms with van der Waals surface area (Å²) in [6, 6.07) is 28.6. The highest BCUT2D eigenvalue weighted by Gasteiger charge is 2.14. The van der Waals surface area contributed by atoms with E-state index in [0.29, 0.717) is 0 Å². The van der Waals surface area contributed by atoms with E-state index in [-0.39, 0.29) is 0 Å². The molecule has 0 saturated carbocycles. The van der Waals surface area contributed by atoms with Crippen LogP contribution in [0.1, 0.15) is 5.56 Å². The summed E-state index contributed by atoms with van der Waals surface area (Å²) in [5.41, 5.74) is 4.04. The zero-order valence-corrected chi connectivity index (χ0v) is 15.3. The summed E-state index contributed by atoms with van der Waals surface area (Å²) in [4.78, 5) is 9.67. The zero-order valence-electron chi connectivity index (χ0n) is 14.5. The van der Waals surface area contributed by atoms with Gasteiger partial charge in [-0.2, -0.15) is 4.52 Å². The molecule has 3 aromatic carbocycles. The Kier molecular flexibility index (Phi) is 4.07. The lowest BCUT2D eigenvalue weighted by Crippen LogP contribution is -1.98. The summed E-state index contributed by atoms with van der Waals surface area (Å²) in [5, 5.41) is 6.63. The molecule has 27 heavy (non-hydrogen) atoms. The standard InChI is InChI=1S/C22H16N4S/c1-3-9-16(10-4-1)15-27-22-23-19-14-8-7-13-18(19)21-24-20(25-26(21)22)17-11-5-2-6-12-17/h1-14H,15H2. The average molecular weight is 368 g/mol. The average Bonchev–Trinajstić information content (AvgIpc) is 3.19. The minimum absolute atomic E-state index is 0.718. The SMILES string of the molecule is c1ccc(CSc2nc3ccccc3c3nc(-c4ccccc4)nn23)cc1. The summed E-state index contributed by atoms with van der Waals surface area (Å²) < 4.78 is 1.87. The van der Waals surface area contributed by atoms with Crippen LogP contribution in [0.3, 0.4) is 0 Å². The monoisotopic (exact) mass is 368 g/mol. The first kappa shape index (κ1) is 16.0. The Labute approximate surface area is 160 Å². The molecule has 0 aliphatic carbocycles. The van der Waals surface area contributed by atoms with Crippen LogP contribution in [0.15, 0.2) is 90.1 Å². The van der Waals surface area contributed by atoms with Gasteiger partial charge in [0.1, 0.15) is 0 Å². The van der Waals surface area contributed by atoms with Crippen molar-refractivity contribution in [2.24, 2.45) is 0 Å². The summed E-state index contributed by atoms with van der Waals surface area (Å²) in [6.07, 6.45) is 0. The molecule has 0 bridgehead atoms. The molecule has 5 rings (SSSR count). The molecule has 0 radical (unpaired) electrons. The van der Waals surface area contributed by atoms with Gasteiger partial charge in [0.05, 0.1) is 5.52 Å². The van der Waals surface area contributed by atoms with Gasteiger partial charge in [-0.1, -0.05) is 84.6 Å². The maximum Gasteiger partial charge on any atom is 0.191 e. The lowest BCUT2D eigenvalue weighted by Gasteiger charge is -2.06. The Bertz CT molecular complexity index is 1220. The van der Waals surface area contributed by atoms with Crippen molar-refractivity contribution in [3.05, 3.63) is 90.5 Å². The third-order valence-corrected chi connectivity index (χ3v) is 5.39. The molecule has 2 aromatic heterocycles. The van der Waals surface area contributed by atoms with Crippen molar-refractivity contribution >= 4 is 28.3 Å². The minimum Gasteiger partial charge on any atom is -0.222 e. The van der Waals surface area contributed by atoms with E-state index in [1.54, 1.807) is 11.8 Å². The van der Waals surface area contributed by atoms with Crippen LogP contribution in [0.4, 0.5) is 0 Å². The third-order valence-electron chi connectivity index (χ3n) is 4.39. The molecule has 0 unspecified atom stereocenters. The number of hydrogen-bond donors (Lipinski definition) is 0. The summed E-state index contributed by atoms with van der Waals surface area (Å²) in [5.74, 6) is 1.55. The van der Waals surface area contributed by atoms with Crippen molar-refractivity contribution in [2.75, 3.05) is 0 Å². The first-order valence-electron chi connectivity index (χ1n) is 8.76. The molecule has 4 nitrogen and oxygen atoms in total. The van der Waals surface area contributed by atoms with E-state index in [9.17, 15) is 0 Å². The molecule has 0 aliphatic heterocycles. The molecular formula is C22H16N4S. The third kappa shape index (κ3) is 3.06. The Morgan fingerprint density at radius 1 is 0.741 bits per heavy atom. The molecule has 130 valence electrons. The van der Waals surface area contributed by atoms with Crippen molar-refractivity contribution in [1.29, 1.82) is 0 Å². The highest BCUT2D eigenvalue weighted by molar-refractivity contribution is 7.98. The van der Waals surface area contributed by atoms with E-state index in [1.165, 1.54) is 5.56 Å². The lowest BCUT2D eigenvalue weighted by atomic mass is 10.2. The van der Waals surface area contributed by atoms with Gasteiger partial charge in [-0.15, -0.1) is 5.10 Å². The van der Waals surface area contributed by atoms with Gasteiger partial charge < -0.3 is 0 Å². The predicted octanol–water partition coefficient (Wildman–Crippen LogP) is 5.24. The van der Waals surface area contributed by atoms with Crippen molar-refractivity contribution in [3.8, 4) is 11.4 Å². The van der Waals surface area contributed by atoms with E-state index in [2.05, 4.69) is 24.3 Å². The first-order chi connectivity index (χ1) is 13.4. The number of rotatable bonds is 4. The molecule has 0 spiro atoms. The molecule has 5 heteroatoms.